The minimum absolute atomic E-state index is 0.253. The van der Waals surface area contributed by atoms with Crippen LogP contribution in [0.4, 0.5) is 0 Å². The molecule has 0 saturated heterocycles. The number of aromatic nitrogens is 2. The molecule has 0 aliphatic carbocycles. The van der Waals surface area contributed by atoms with Crippen molar-refractivity contribution >= 4 is 11.6 Å². The number of nitrogens with zero attached hydrogens (tertiary/aromatic N) is 2. The van der Waals surface area contributed by atoms with Gasteiger partial charge in [-0.15, -0.1) is 0 Å². The van der Waals surface area contributed by atoms with Crippen LogP contribution in [0.25, 0.3) is 0 Å². The summed E-state index contributed by atoms with van der Waals surface area (Å²) in [6.07, 6.45) is 0. The van der Waals surface area contributed by atoms with E-state index in [1.807, 2.05) is 13.8 Å². The average Bonchev–Trinajstić information content (AvgIpc) is 2.77. The molecule has 0 bridgehead atoms. The monoisotopic (exact) mass is 252 g/mol. The zero-order valence-electron chi connectivity index (χ0n) is 9.68. The molecule has 4 nitrogen and oxygen atoms in total. The standard InChI is InChI=1S/C12H13ClN2O2/c1-8(2)12-14-11(17-15-12)7-16-10-5-3-9(13)4-6-10/h3-6,8H,7H2,1-2H3. The Morgan fingerprint density at radius 2 is 2.00 bits per heavy atom. The van der Waals surface area contributed by atoms with E-state index in [1.54, 1.807) is 24.3 Å². The highest BCUT2D eigenvalue weighted by molar-refractivity contribution is 6.30. The fourth-order valence-electron chi connectivity index (χ4n) is 1.24. The van der Waals surface area contributed by atoms with Gasteiger partial charge in [0.25, 0.3) is 5.89 Å². The minimum Gasteiger partial charge on any atom is -0.484 e. The zero-order valence-corrected chi connectivity index (χ0v) is 10.4. The average molecular weight is 253 g/mol. The molecule has 0 N–H and O–H groups in total. The fraction of sp³-hybridized carbons (Fsp3) is 0.333. The molecule has 2 rings (SSSR count). The van der Waals surface area contributed by atoms with Gasteiger partial charge < -0.3 is 9.26 Å². The molecule has 0 amide bonds. The second kappa shape index (κ2) is 5.19. The lowest BCUT2D eigenvalue weighted by Crippen LogP contribution is -1.96. The number of ether oxygens (including phenoxy) is 1. The van der Waals surface area contributed by atoms with Crippen molar-refractivity contribution in [2.24, 2.45) is 0 Å². The molecule has 1 aromatic heterocycles. The number of benzene rings is 1. The number of halogens is 1. The van der Waals surface area contributed by atoms with Gasteiger partial charge in [0.1, 0.15) is 5.75 Å². The Balaban J connectivity index is 1.95. The molecule has 0 atom stereocenters. The van der Waals surface area contributed by atoms with Gasteiger partial charge >= 0.3 is 0 Å². The smallest absolute Gasteiger partial charge is 0.264 e. The Morgan fingerprint density at radius 3 is 2.59 bits per heavy atom. The molecular weight excluding hydrogens is 240 g/mol. The number of hydrogen-bond donors (Lipinski definition) is 0. The molecule has 0 fully saturated rings. The van der Waals surface area contributed by atoms with Crippen molar-refractivity contribution in [1.82, 2.24) is 10.1 Å². The molecule has 0 saturated carbocycles. The van der Waals surface area contributed by atoms with Crippen LogP contribution in [0.5, 0.6) is 5.75 Å². The van der Waals surface area contributed by atoms with Gasteiger partial charge in [0.05, 0.1) is 0 Å². The van der Waals surface area contributed by atoms with Crippen LogP contribution < -0.4 is 4.74 Å². The summed E-state index contributed by atoms with van der Waals surface area (Å²) in [7, 11) is 0. The summed E-state index contributed by atoms with van der Waals surface area (Å²) in [6.45, 7) is 4.28. The molecule has 0 aliphatic heterocycles. The highest BCUT2D eigenvalue weighted by Crippen LogP contribution is 2.17. The summed E-state index contributed by atoms with van der Waals surface area (Å²) in [5.74, 6) is 2.14. The highest BCUT2D eigenvalue weighted by Gasteiger charge is 2.09. The molecular formula is C12H13ClN2O2. The first-order valence-corrected chi connectivity index (χ1v) is 5.74. The SMILES string of the molecule is CC(C)c1noc(COc2ccc(Cl)cc2)n1. The first-order valence-electron chi connectivity index (χ1n) is 5.36. The van der Waals surface area contributed by atoms with E-state index in [9.17, 15) is 0 Å². The van der Waals surface area contributed by atoms with Crippen molar-refractivity contribution < 1.29 is 9.26 Å². The molecule has 2 aromatic rings. The van der Waals surface area contributed by atoms with Crippen LogP contribution in [-0.4, -0.2) is 10.1 Å². The van der Waals surface area contributed by atoms with Gasteiger partial charge in [-0.3, -0.25) is 0 Å². The van der Waals surface area contributed by atoms with Crippen LogP contribution in [0.3, 0.4) is 0 Å². The van der Waals surface area contributed by atoms with E-state index in [2.05, 4.69) is 10.1 Å². The van der Waals surface area contributed by atoms with Crippen molar-refractivity contribution in [3.63, 3.8) is 0 Å². The molecule has 90 valence electrons. The maximum atomic E-state index is 5.77. The molecule has 1 heterocycles. The van der Waals surface area contributed by atoms with E-state index in [1.165, 1.54) is 0 Å². The molecule has 0 aliphatic rings. The van der Waals surface area contributed by atoms with Gasteiger partial charge in [-0.2, -0.15) is 4.98 Å². The Hall–Kier alpha value is -1.55. The van der Waals surface area contributed by atoms with E-state index in [0.717, 1.165) is 5.75 Å². The van der Waals surface area contributed by atoms with Gasteiger partial charge in [-0.25, -0.2) is 0 Å². The maximum Gasteiger partial charge on any atom is 0.264 e. The quantitative estimate of drug-likeness (QED) is 0.837. The van der Waals surface area contributed by atoms with Crippen molar-refractivity contribution in [1.29, 1.82) is 0 Å². The lowest BCUT2D eigenvalue weighted by atomic mass is 10.2. The highest BCUT2D eigenvalue weighted by atomic mass is 35.5. The van der Waals surface area contributed by atoms with Crippen LogP contribution >= 0.6 is 11.6 Å². The summed E-state index contributed by atoms with van der Waals surface area (Å²) < 4.78 is 10.5. The van der Waals surface area contributed by atoms with Gasteiger partial charge in [-0.05, 0) is 24.3 Å². The topological polar surface area (TPSA) is 48.2 Å². The summed E-state index contributed by atoms with van der Waals surface area (Å²) in [5.41, 5.74) is 0. The molecule has 0 spiro atoms. The van der Waals surface area contributed by atoms with Crippen LogP contribution in [0.15, 0.2) is 28.8 Å². The van der Waals surface area contributed by atoms with Crippen molar-refractivity contribution in [2.45, 2.75) is 26.4 Å². The van der Waals surface area contributed by atoms with Crippen LogP contribution in [0, 0.1) is 0 Å². The summed E-state index contributed by atoms with van der Waals surface area (Å²) in [6, 6.07) is 7.12. The third-order valence-electron chi connectivity index (χ3n) is 2.18. The summed E-state index contributed by atoms with van der Waals surface area (Å²) in [4.78, 5) is 4.21. The second-order valence-electron chi connectivity index (χ2n) is 3.94. The van der Waals surface area contributed by atoms with E-state index in [4.69, 9.17) is 20.9 Å². The molecule has 5 heteroatoms. The Labute approximate surface area is 105 Å². The van der Waals surface area contributed by atoms with Crippen LogP contribution in [0.1, 0.15) is 31.5 Å². The molecule has 17 heavy (non-hydrogen) atoms. The normalized spacial score (nSPS) is 10.8. The Kier molecular flexibility index (Phi) is 3.64. The van der Waals surface area contributed by atoms with Crippen LogP contribution in [0.2, 0.25) is 5.02 Å². The lowest BCUT2D eigenvalue weighted by Gasteiger charge is -2.02. The first-order chi connectivity index (χ1) is 8.15. The number of hydrogen-bond acceptors (Lipinski definition) is 4. The molecule has 0 radical (unpaired) electrons. The zero-order chi connectivity index (χ0) is 12.3. The lowest BCUT2D eigenvalue weighted by molar-refractivity contribution is 0.242. The van der Waals surface area contributed by atoms with E-state index >= 15 is 0 Å². The number of rotatable bonds is 4. The summed E-state index contributed by atoms with van der Waals surface area (Å²) >= 11 is 5.77. The van der Waals surface area contributed by atoms with Gasteiger partial charge in [0, 0.05) is 10.9 Å². The fourth-order valence-corrected chi connectivity index (χ4v) is 1.36. The van der Waals surface area contributed by atoms with E-state index in [-0.39, 0.29) is 12.5 Å². The third-order valence-corrected chi connectivity index (χ3v) is 2.43. The van der Waals surface area contributed by atoms with Gasteiger partial charge in [0.15, 0.2) is 12.4 Å². The Morgan fingerprint density at radius 1 is 1.29 bits per heavy atom. The predicted molar refractivity (Wildman–Crippen MR) is 64.2 cm³/mol. The van der Waals surface area contributed by atoms with E-state index in [0.29, 0.717) is 16.7 Å². The maximum absolute atomic E-state index is 5.77. The van der Waals surface area contributed by atoms with Crippen molar-refractivity contribution in [2.75, 3.05) is 0 Å². The summed E-state index contributed by atoms with van der Waals surface area (Å²) in [5, 5.41) is 4.53. The van der Waals surface area contributed by atoms with E-state index < -0.39 is 0 Å². The largest absolute Gasteiger partial charge is 0.484 e. The Bertz CT molecular complexity index is 480. The van der Waals surface area contributed by atoms with Crippen molar-refractivity contribution in [3.05, 3.63) is 41.0 Å². The molecule has 0 unspecified atom stereocenters. The molecule has 1 aromatic carbocycles. The van der Waals surface area contributed by atoms with Crippen LogP contribution in [-0.2, 0) is 6.61 Å². The van der Waals surface area contributed by atoms with Gasteiger partial charge in [-0.1, -0.05) is 30.6 Å². The second-order valence-corrected chi connectivity index (χ2v) is 4.38. The van der Waals surface area contributed by atoms with Gasteiger partial charge in [0.2, 0.25) is 0 Å². The predicted octanol–water partition coefficient (Wildman–Crippen LogP) is 3.43. The third kappa shape index (κ3) is 3.20. The minimum atomic E-state index is 0.253. The van der Waals surface area contributed by atoms with Crippen molar-refractivity contribution in [3.8, 4) is 5.75 Å². The first kappa shape index (κ1) is 11.9.